The van der Waals surface area contributed by atoms with E-state index in [4.69, 9.17) is 4.74 Å². The highest BCUT2D eigenvalue weighted by Gasteiger charge is 2.22. The van der Waals surface area contributed by atoms with Gasteiger partial charge in [-0.3, -0.25) is 14.9 Å². The predicted molar refractivity (Wildman–Crippen MR) is 112 cm³/mol. The number of nitrogens with one attached hydrogen (secondary N) is 1. The van der Waals surface area contributed by atoms with Gasteiger partial charge in [-0.15, -0.1) is 0 Å². The van der Waals surface area contributed by atoms with E-state index in [0.29, 0.717) is 5.75 Å². The lowest BCUT2D eigenvalue weighted by atomic mass is 9.78. The molecule has 0 saturated carbocycles. The van der Waals surface area contributed by atoms with Crippen LogP contribution < -0.4 is 10.1 Å². The maximum absolute atomic E-state index is 12.1. The molecule has 0 radical (unpaired) electrons. The van der Waals surface area contributed by atoms with Crippen LogP contribution in [0.2, 0.25) is 0 Å². The average Bonchev–Trinajstić information content (AvgIpc) is 2.73. The Morgan fingerprint density at radius 1 is 0.931 bits per heavy atom. The van der Waals surface area contributed by atoms with Gasteiger partial charge in [0.25, 0.3) is 11.6 Å². The molecule has 0 heterocycles. The van der Waals surface area contributed by atoms with Crippen LogP contribution in [0.25, 0.3) is 0 Å². The molecule has 6 nitrogen and oxygen atoms in total. The van der Waals surface area contributed by atoms with E-state index >= 15 is 0 Å². The standard InChI is InChI=1S/C23H22N2O4/c1-23(2,17-8-4-3-5-9-17)18-12-14-19(15-13-18)29-16-22(26)24-20-10-6-7-11-21(20)25(27)28/h3-15H,16H2,1-2H3,(H,24,26). The molecule has 0 atom stereocenters. The number of hydrogen-bond donors (Lipinski definition) is 1. The number of nitro groups is 1. The lowest BCUT2D eigenvalue weighted by Crippen LogP contribution is -2.21. The molecule has 0 aliphatic heterocycles. The SMILES string of the molecule is CC(C)(c1ccccc1)c1ccc(OCC(=O)Nc2ccccc2[N+](=O)[O-])cc1. The number of carbonyl (C=O) groups is 1. The van der Waals surface area contributed by atoms with E-state index < -0.39 is 10.8 Å². The number of carbonyl (C=O) groups excluding carboxylic acids is 1. The third-order valence-electron chi connectivity index (χ3n) is 4.82. The van der Waals surface area contributed by atoms with Crippen molar-refractivity contribution in [2.24, 2.45) is 0 Å². The van der Waals surface area contributed by atoms with Gasteiger partial charge in [-0.1, -0.05) is 68.4 Å². The van der Waals surface area contributed by atoms with Crippen molar-refractivity contribution in [3.63, 3.8) is 0 Å². The van der Waals surface area contributed by atoms with Gasteiger partial charge in [-0.25, -0.2) is 0 Å². The van der Waals surface area contributed by atoms with Crippen LogP contribution in [0, 0.1) is 10.1 Å². The minimum absolute atomic E-state index is 0.144. The van der Waals surface area contributed by atoms with Crippen LogP contribution in [-0.4, -0.2) is 17.4 Å². The Labute approximate surface area is 169 Å². The molecule has 3 aromatic rings. The van der Waals surface area contributed by atoms with E-state index in [1.54, 1.807) is 12.1 Å². The molecule has 0 spiro atoms. The summed E-state index contributed by atoms with van der Waals surface area (Å²) in [6, 6.07) is 23.8. The van der Waals surface area contributed by atoms with Gasteiger partial charge < -0.3 is 10.1 Å². The van der Waals surface area contributed by atoms with Crippen LogP contribution in [0.4, 0.5) is 11.4 Å². The van der Waals surface area contributed by atoms with Gasteiger partial charge in [0.1, 0.15) is 11.4 Å². The number of benzene rings is 3. The van der Waals surface area contributed by atoms with Crippen LogP contribution in [0.5, 0.6) is 5.75 Å². The number of nitrogens with zero attached hydrogens (tertiary/aromatic N) is 1. The molecule has 0 saturated heterocycles. The minimum Gasteiger partial charge on any atom is -0.484 e. The number of ether oxygens (including phenoxy) is 1. The number of anilines is 1. The third kappa shape index (κ3) is 4.79. The molecular formula is C23H22N2O4. The molecule has 0 aliphatic rings. The Morgan fingerprint density at radius 3 is 2.17 bits per heavy atom. The summed E-state index contributed by atoms with van der Waals surface area (Å²) < 4.78 is 5.53. The van der Waals surface area contributed by atoms with Crippen molar-refractivity contribution in [1.29, 1.82) is 0 Å². The first-order chi connectivity index (χ1) is 13.9. The number of amides is 1. The fraction of sp³-hybridized carbons (Fsp3) is 0.174. The lowest BCUT2D eigenvalue weighted by molar-refractivity contribution is -0.383. The summed E-state index contributed by atoms with van der Waals surface area (Å²) in [6.07, 6.45) is 0. The number of para-hydroxylation sites is 2. The van der Waals surface area contributed by atoms with Crippen molar-refractivity contribution in [2.75, 3.05) is 11.9 Å². The first-order valence-electron chi connectivity index (χ1n) is 9.20. The smallest absolute Gasteiger partial charge is 0.292 e. The summed E-state index contributed by atoms with van der Waals surface area (Å²) in [5.41, 5.74) is 2.15. The molecule has 29 heavy (non-hydrogen) atoms. The second-order valence-electron chi connectivity index (χ2n) is 7.13. The maximum Gasteiger partial charge on any atom is 0.292 e. The Balaban J connectivity index is 1.62. The zero-order chi connectivity index (χ0) is 20.9. The Kier molecular flexibility index (Phi) is 5.93. The van der Waals surface area contributed by atoms with Gasteiger partial charge in [0.05, 0.1) is 4.92 Å². The molecule has 3 rings (SSSR count). The number of rotatable bonds is 7. The molecular weight excluding hydrogens is 368 g/mol. The van der Waals surface area contributed by atoms with Gasteiger partial charge in [0.15, 0.2) is 6.61 Å². The van der Waals surface area contributed by atoms with E-state index in [2.05, 4.69) is 31.3 Å². The average molecular weight is 390 g/mol. The second kappa shape index (κ2) is 8.56. The molecule has 3 aromatic carbocycles. The number of nitro benzene ring substituents is 1. The van der Waals surface area contributed by atoms with Crippen molar-refractivity contribution in [3.05, 3.63) is 100 Å². The maximum atomic E-state index is 12.1. The highest BCUT2D eigenvalue weighted by atomic mass is 16.6. The van der Waals surface area contributed by atoms with Crippen molar-refractivity contribution >= 4 is 17.3 Å². The van der Waals surface area contributed by atoms with E-state index in [0.717, 1.165) is 5.56 Å². The van der Waals surface area contributed by atoms with Gasteiger partial charge in [-0.05, 0) is 29.3 Å². The second-order valence-corrected chi connectivity index (χ2v) is 7.13. The normalized spacial score (nSPS) is 11.0. The van der Waals surface area contributed by atoms with Crippen LogP contribution in [0.1, 0.15) is 25.0 Å². The van der Waals surface area contributed by atoms with Gasteiger partial charge in [-0.2, -0.15) is 0 Å². The highest BCUT2D eigenvalue weighted by molar-refractivity contribution is 5.94. The molecule has 0 fully saturated rings. The number of hydrogen-bond acceptors (Lipinski definition) is 4. The minimum atomic E-state index is -0.538. The molecule has 0 aromatic heterocycles. The summed E-state index contributed by atoms with van der Waals surface area (Å²) in [5, 5.41) is 13.5. The predicted octanol–water partition coefficient (Wildman–Crippen LogP) is 4.94. The molecule has 148 valence electrons. The first-order valence-corrected chi connectivity index (χ1v) is 9.20. The topological polar surface area (TPSA) is 81.5 Å². The quantitative estimate of drug-likeness (QED) is 0.458. The van der Waals surface area contributed by atoms with E-state index in [1.165, 1.54) is 17.7 Å². The first kappa shape index (κ1) is 20.1. The van der Waals surface area contributed by atoms with E-state index in [1.807, 2.05) is 42.5 Å². The van der Waals surface area contributed by atoms with Crippen LogP contribution in [0.15, 0.2) is 78.9 Å². The Hall–Kier alpha value is -3.67. The monoisotopic (exact) mass is 390 g/mol. The zero-order valence-electron chi connectivity index (χ0n) is 16.3. The van der Waals surface area contributed by atoms with E-state index in [9.17, 15) is 14.9 Å². The van der Waals surface area contributed by atoms with Crippen molar-refractivity contribution in [1.82, 2.24) is 0 Å². The van der Waals surface area contributed by atoms with Crippen LogP contribution >= 0.6 is 0 Å². The van der Waals surface area contributed by atoms with Gasteiger partial charge in [0, 0.05) is 11.5 Å². The lowest BCUT2D eigenvalue weighted by Gasteiger charge is -2.26. The van der Waals surface area contributed by atoms with Crippen molar-refractivity contribution in [2.45, 2.75) is 19.3 Å². The Morgan fingerprint density at radius 2 is 1.52 bits per heavy atom. The summed E-state index contributed by atoms with van der Waals surface area (Å²) in [4.78, 5) is 22.6. The van der Waals surface area contributed by atoms with E-state index in [-0.39, 0.29) is 23.4 Å². The third-order valence-corrected chi connectivity index (χ3v) is 4.82. The zero-order valence-corrected chi connectivity index (χ0v) is 16.3. The summed E-state index contributed by atoms with van der Waals surface area (Å²) in [7, 11) is 0. The molecule has 1 amide bonds. The van der Waals surface area contributed by atoms with Crippen LogP contribution in [0.3, 0.4) is 0 Å². The summed E-state index contributed by atoms with van der Waals surface area (Å²) >= 11 is 0. The molecule has 0 unspecified atom stereocenters. The summed E-state index contributed by atoms with van der Waals surface area (Å²) in [5.74, 6) is 0.0864. The molecule has 0 bridgehead atoms. The van der Waals surface area contributed by atoms with Crippen molar-refractivity contribution in [3.8, 4) is 5.75 Å². The van der Waals surface area contributed by atoms with Crippen LogP contribution in [-0.2, 0) is 10.2 Å². The molecule has 0 aliphatic carbocycles. The highest BCUT2D eigenvalue weighted by Crippen LogP contribution is 2.32. The summed E-state index contributed by atoms with van der Waals surface area (Å²) in [6.45, 7) is 4.06. The fourth-order valence-corrected chi connectivity index (χ4v) is 3.06. The fourth-order valence-electron chi connectivity index (χ4n) is 3.06. The molecule has 1 N–H and O–H groups in total. The largest absolute Gasteiger partial charge is 0.484 e. The van der Waals surface area contributed by atoms with Gasteiger partial charge in [0.2, 0.25) is 0 Å². The Bertz CT molecular complexity index is 999. The van der Waals surface area contributed by atoms with Gasteiger partial charge >= 0.3 is 0 Å². The van der Waals surface area contributed by atoms with Crippen molar-refractivity contribution < 1.29 is 14.5 Å². The molecule has 6 heteroatoms.